The molecular formula is C20H21F5N4O6. The summed E-state index contributed by atoms with van der Waals surface area (Å²) in [4.78, 5) is 39.9. The molecule has 0 aliphatic carbocycles. The average Bonchev–Trinajstić information content (AvgIpc) is 2.79. The lowest BCUT2D eigenvalue weighted by molar-refractivity contribution is -0.192. The molecule has 1 amide bonds. The molecular weight excluding hydrogens is 487 g/mol. The number of ether oxygens (including phenoxy) is 1. The molecule has 2 aromatic rings. The standard InChI is InChI=1S/C18H20F2N4O4.C2HF3O2/c1-23-5-6-28-9-13(23)16-22-14(15(25)18(27)24(16)2)17(26)21-8-10-3-4-11(19)12(20)7-10;3-2(4,5)1(6)7/h3-4,7,13,25H,5-6,8-9H2,1-2H3,(H,21,26);(H,6,7). The molecule has 192 valence electrons. The second-order valence-corrected chi connectivity index (χ2v) is 7.34. The average molecular weight is 508 g/mol. The van der Waals surface area contributed by atoms with E-state index in [9.17, 15) is 36.6 Å². The Labute approximate surface area is 194 Å². The monoisotopic (exact) mass is 508 g/mol. The van der Waals surface area contributed by atoms with Gasteiger partial charge in [-0.1, -0.05) is 6.07 Å². The van der Waals surface area contributed by atoms with E-state index in [1.165, 1.54) is 17.7 Å². The summed E-state index contributed by atoms with van der Waals surface area (Å²) >= 11 is 0. The van der Waals surface area contributed by atoms with Crippen LogP contribution in [-0.4, -0.2) is 69.5 Å². The van der Waals surface area contributed by atoms with Crippen LogP contribution in [0.2, 0.25) is 0 Å². The molecule has 1 aromatic heterocycles. The van der Waals surface area contributed by atoms with Gasteiger partial charge in [0.1, 0.15) is 5.82 Å². The molecule has 10 nitrogen and oxygen atoms in total. The van der Waals surface area contributed by atoms with Crippen LogP contribution in [0.15, 0.2) is 23.0 Å². The number of carbonyl (C=O) groups is 2. The summed E-state index contributed by atoms with van der Waals surface area (Å²) in [7, 11) is 3.30. The van der Waals surface area contributed by atoms with Crippen molar-refractivity contribution < 1.29 is 46.5 Å². The Bertz CT molecular complexity index is 1150. The summed E-state index contributed by atoms with van der Waals surface area (Å²) in [5.74, 6) is -6.10. The number of amides is 1. The highest BCUT2D eigenvalue weighted by atomic mass is 19.4. The fourth-order valence-corrected chi connectivity index (χ4v) is 2.94. The predicted octanol–water partition coefficient (Wildman–Crippen LogP) is 1.33. The number of aromatic hydroxyl groups is 1. The summed E-state index contributed by atoms with van der Waals surface area (Å²) in [5, 5.41) is 19.7. The van der Waals surface area contributed by atoms with Crippen molar-refractivity contribution in [2.75, 3.05) is 26.8 Å². The van der Waals surface area contributed by atoms with Gasteiger partial charge in [-0.2, -0.15) is 13.2 Å². The predicted molar refractivity (Wildman–Crippen MR) is 109 cm³/mol. The smallest absolute Gasteiger partial charge is 0.490 e. The van der Waals surface area contributed by atoms with Crippen LogP contribution in [0.3, 0.4) is 0 Å². The maximum absolute atomic E-state index is 13.3. The molecule has 2 heterocycles. The number of rotatable bonds is 4. The highest BCUT2D eigenvalue weighted by Crippen LogP contribution is 2.22. The first-order chi connectivity index (χ1) is 16.2. The largest absolute Gasteiger partial charge is 0.501 e. The molecule has 1 aromatic carbocycles. The number of aliphatic carboxylic acids is 1. The number of halogens is 5. The summed E-state index contributed by atoms with van der Waals surface area (Å²) < 4.78 is 64.6. The number of aromatic nitrogens is 2. The van der Waals surface area contributed by atoms with Crippen LogP contribution in [0.4, 0.5) is 22.0 Å². The van der Waals surface area contributed by atoms with Crippen molar-refractivity contribution in [2.24, 2.45) is 7.05 Å². The van der Waals surface area contributed by atoms with Crippen LogP contribution in [0.1, 0.15) is 27.9 Å². The zero-order valence-corrected chi connectivity index (χ0v) is 18.4. The number of hydrogen-bond donors (Lipinski definition) is 3. The number of carboxylic acids is 1. The molecule has 1 fully saturated rings. The van der Waals surface area contributed by atoms with E-state index in [-0.39, 0.29) is 25.0 Å². The third-order valence-corrected chi connectivity index (χ3v) is 4.89. The highest BCUT2D eigenvalue weighted by Gasteiger charge is 2.38. The lowest BCUT2D eigenvalue weighted by Crippen LogP contribution is -2.41. The Morgan fingerprint density at radius 3 is 2.40 bits per heavy atom. The Morgan fingerprint density at radius 2 is 1.86 bits per heavy atom. The van der Waals surface area contributed by atoms with Gasteiger partial charge in [0.25, 0.3) is 11.5 Å². The molecule has 1 saturated heterocycles. The van der Waals surface area contributed by atoms with Gasteiger partial charge in [0, 0.05) is 20.1 Å². The first-order valence-electron chi connectivity index (χ1n) is 9.84. The second-order valence-electron chi connectivity index (χ2n) is 7.34. The Morgan fingerprint density at radius 1 is 1.23 bits per heavy atom. The van der Waals surface area contributed by atoms with Crippen LogP contribution >= 0.6 is 0 Å². The van der Waals surface area contributed by atoms with Gasteiger partial charge in [0.05, 0.1) is 19.3 Å². The molecule has 35 heavy (non-hydrogen) atoms. The summed E-state index contributed by atoms with van der Waals surface area (Å²) in [6, 6.07) is 2.86. The minimum Gasteiger partial charge on any atom is -0.501 e. The topological polar surface area (TPSA) is 134 Å². The second kappa shape index (κ2) is 11.2. The van der Waals surface area contributed by atoms with Crippen molar-refractivity contribution in [3.05, 3.63) is 57.3 Å². The van der Waals surface area contributed by atoms with Crippen molar-refractivity contribution >= 4 is 11.9 Å². The summed E-state index contributed by atoms with van der Waals surface area (Å²) in [6.45, 7) is 1.32. The number of morpholine rings is 1. The first-order valence-corrected chi connectivity index (χ1v) is 9.84. The van der Waals surface area contributed by atoms with E-state index in [0.29, 0.717) is 18.7 Å². The molecule has 0 radical (unpaired) electrons. The fourth-order valence-electron chi connectivity index (χ4n) is 2.94. The molecule has 3 rings (SSSR count). The molecule has 0 saturated carbocycles. The number of carbonyl (C=O) groups excluding carboxylic acids is 1. The number of likely N-dealkylation sites (N-methyl/N-ethyl adjacent to an activating group) is 1. The van der Waals surface area contributed by atoms with E-state index in [0.717, 1.165) is 12.1 Å². The third kappa shape index (κ3) is 6.95. The van der Waals surface area contributed by atoms with Crippen LogP contribution in [0.25, 0.3) is 0 Å². The van der Waals surface area contributed by atoms with Gasteiger partial charge < -0.3 is 20.3 Å². The highest BCUT2D eigenvalue weighted by molar-refractivity contribution is 5.94. The first kappa shape index (κ1) is 27.7. The van der Waals surface area contributed by atoms with Crippen LogP contribution in [0.5, 0.6) is 5.75 Å². The van der Waals surface area contributed by atoms with E-state index < -0.39 is 46.7 Å². The molecule has 1 unspecified atom stereocenters. The summed E-state index contributed by atoms with van der Waals surface area (Å²) in [5.41, 5.74) is -0.877. The zero-order chi connectivity index (χ0) is 26.5. The minimum absolute atomic E-state index is 0.131. The molecule has 15 heteroatoms. The van der Waals surface area contributed by atoms with Crippen LogP contribution < -0.4 is 10.9 Å². The van der Waals surface area contributed by atoms with Crippen molar-refractivity contribution in [3.8, 4) is 5.75 Å². The number of benzene rings is 1. The molecule has 1 atom stereocenters. The van der Waals surface area contributed by atoms with E-state index in [1.807, 2.05) is 11.9 Å². The quantitative estimate of drug-likeness (QED) is 0.527. The molecule has 3 N–H and O–H groups in total. The lowest BCUT2D eigenvalue weighted by Gasteiger charge is -2.32. The van der Waals surface area contributed by atoms with Gasteiger partial charge in [-0.05, 0) is 24.7 Å². The Balaban J connectivity index is 0.000000540. The van der Waals surface area contributed by atoms with Crippen LogP contribution in [-0.2, 0) is 23.1 Å². The molecule has 1 aliphatic rings. The van der Waals surface area contributed by atoms with Crippen molar-refractivity contribution in [1.82, 2.24) is 19.8 Å². The SMILES string of the molecule is CN1CCOCC1c1nc(C(=O)NCc2ccc(F)c(F)c2)c(O)c(=O)n1C.O=C(O)C(F)(F)F. The van der Waals surface area contributed by atoms with Gasteiger partial charge >= 0.3 is 12.1 Å². The van der Waals surface area contributed by atoms with Gasteiger partial charge in [-0.25, -0.2) is 18.6 Å². The third-order valence-electron chi connectivity index (χ3n) is 4.89. The van der Waals surface area contributed by atoms with Gasteiger partial charge in [0.15, 0.2) is 17.3 Å². The summed E-state index contributed by atoms with van der Waals surface area (Å²) in [6.07, 6.45) is -5.08. The number of carboxylic acid groups (broad SMARTS) is 1. The normalized spacial score (nSPS) is 16.3. The zero-order valence-electron chi connectivity index (χ0n) is 18.4. The van der Waals surface area contributed by atoms with Crippen molar-refractivity contribution in [1.29, 1.82) is 0 Å². The lowest BCUT2D eigenvalue weighted by atomic mass is 10.2. The van der Waals surface area contributed by atoms with Crippen LogP contribution in [0, 0.1) is 11.6 Å². The number of nitrogens with one attached hydrogen (secondary N) is 1. The molecule has 1 aliphatic heterocycles. The fraction of sp³-hybridized carbons (Fsp3) is 0.400. The van der Waals surface area contributed by atoms with Gasteiger partial charge in [-0.3, -0.25) is 19.1 Å². The Kier molecular flexibility index (Phi) is 8.87. The minimum atomic E-state index is -5.08. The van der Waals surface area contributed by atoms with E-state index in [2.05, 4.69) is 10.3 Å². The Hall–Kier alpha value is -3.59. The van der Waals surface area contributed by atoms with Gasteiger partial charge in [0.2, 0.25) is 5.75 Å². The number of alkyl halides is 3. The van der Waals surface area contributed by atoms with Crippen molar-refractivity contribution in [2.45, 2.75) is 18.8 Å². The van der Waals surface area contributed by atoms with Crippen molar-refractivity contribution in [3.63, 3.8) is 0 Å². The molecule has 0 bridgehead atoms. The number of hydrogen-bond acceptors (Lipinski definition) is 7. The maximum Gasteiger partial charge on any atom is 0.490 e. The maximum atomic E-state index is 13.3. The van der Waals surface area contributed by atoms with E-state index in [1.54, 1.807) is 0 Å². The molecule has 0 spiro atoms. The van der Waals surface area contributed by atoms with E-state index >= 15 is 0 Å². The van der Waals surface area contributed by atoms with Gasteiger partial charge in [-0.15, -0.1) is 0 Å². The van der Waals surface area contributed by atoms with E-state index in [4.69, 9.17) is 14.6 Å². The number of nitrogens with zero attached hydrogens (tertiary/aromatic N) is 3.